The standard InChI is InChI=1S/C31H40N4O3/c1-21-22(2)35(18-23-8-9-23)30-27(21)16-25(31(36)34-12-10-33(11-13-34)14-15-37-3)17-28(30)32-29-20-38-19-24-6-4-5-7-26(24)29/h4-7,16-17,23,29,32H,8-15,18-20H2,1-3H3. The Morgan fingerprint density at radius 2 is 1.89 bits per heavy atom. The Labute approximate surface area is 225 Å². The molecule has 1 saturated heterocycles. The molecule has 3 aromatic rings. The summed E-state index contributed by atoms with van der Waals surface area (Å²) >= 11 is 0. The fourth-order valence-corrected chi connectivity index (χ4v) is 6.06. The summed E-state index contributed by atoms with van der Waals surface area (Å²) in [6, 6.07) is 12.8. The van der Waals surface area contributed by atoms with Crippen molar-refractivity contribution in [2.75, 3.05) is 58.4 Å². The van der Waals surface area contributed by atoms with Crippen LogP contribution in [0.2, 0.25) is 0 Å². The van der Waals surface area contributed by atoms with Gasteiger partial charge in [0.25, 0.3) is 5.91 Å². The monoisotopic (exact) mass is 516 g/mol. The zero-order chi connectivity index (χ0) is 26.2. The van der Waals surface area contributed by atoms with Crippen LogP contribution >= 0.6 is 0 Å². The molecule has 3 heterocycles. The molecule has 2 aromatic carbocycles. The van der Waals surface area contributed by atoms with E-state index in [9.17, 15) is 4.79 Å². The molecule has 7 nitrogen and oxygen atoms in total. The number of ether oxygens (including phenoxy) is 2. The molecule has 1 aromatic heterocycles. The lowest BCUT2D eigenvalue weighted by atomic mass is 9.98. The maximum Gasteiger partial charge on any atom is 0.254 e. The number of benzene rings is 2. The van der Waals surface area contributed by atoms with E-state index in [-0.39, 0.29) is 11.9 Å². The first-order valence-electron chi connectivity index (χ1n) is 14.1. The third-order valence-electron chi connectivity index (χ3n) is 8.69. The van der Waals surface area contributed by atoms with E-state index in [1.54, 1.807) is 7.11 Å². The Morgan fingerprint density at radius 1 is 1.11 bits per heavy atom. The average molecular weight is 517 g/mol. The van der Waals surface area contributed by atoms with Crippen molar-refractivity contribution in [3.63, 3.8) is 0 Å². The molecule has 0 bridgehead atoms. The first-order valence-corrected chi connectivity index (χ1v) is 14.1. The normalized spacial score (nSPS) is 20.1. The number of hydrogen-bond donors (Lipinski definition) is 1. The maximum atomic E-state index is 13.8. The number of nitrogens with one attached hydrogen (secondary N) is 1. The highest BCUT2D eigenvalue weighted by molar-refractivity contribution is 6.04. The van der Waals surface area contributed by atoms with Gasteiger partial charge in [-0.3, -0.25) is 9.69 Å². The molecule has 1 atom stereocenters. The molecule has 38 heavy (non-hydrogen) atoms. The summed E-state index contributed by atoms with van der Waals surface area (Å²) in [7, 11) is 1.74. The third kappa shape index (κ3) is 4.95. The summed E-state index contributed by atoms with van der Waals surface area (Å²) in [4.78, 5) is 18.2. The van der Waals surface area contributed by atoms with E-state index in [2.05, 4.69) is 65.0 Å². The highest BCUT2D eigenvalue weighted by atomic mass is 16.5. The minimum absolute atomic E-state index is 0.0442. The molecule has 3 aliphatic rings. The Hall–Kier alpha value is -2.87. The van der Waals surface area contributed by atoms with Gasteiger partial charge in [-0.2, -0.15) is 0 Å². The van der Waals surface area contributed by atoms with Crippen LogP contribution in [0.15, 0.2) is 36.4 Å². The minimum Gasteiger partial charge on any atom is -0.383 e. The lowest BCUT2D eigenvalue weighted by Crippen LogP contribution is -2.49. The van der Waals surface area contributed by atoms with Gasteiger partial charge in [-0.05, 0) is 61.4 Å². The van der Waals surface area contributed by atoms with E-state index in [0.717, 1.165) is 63.0 Å². The molecule has 1 saturated carbocycles. The third-order valence-corrected chi connectivity index (χ3v) is 8.69. The van der Waals surface area contributed by atoms with Crippen LogP contribution in [0.1, 0.15) is 51.6 Å². The highest BCUT2D eigenvalue weighted by Crippen LogP contribution is 2.39. The number of aromatic nitrogens is 1. The van der Waals surface area contributed by atoms with Crippen LogP contribution in [0, 0.1) is 19.8 Å². The van der Waals surface area contributed by atoms with Gasteiger partial charge in [0.15, 0.2) is 0 Å². The summed E-state index contributed by atoms with van der Waals surface area (Å²) < 4.78 is 13.7. The van der Waals surface area contributed by atoms with Crippen LogP contribution in [0.3, 0.4) is 0 Å². The van der Waals surface area contributed by atoms with Crippen LogP contribution in [-0.2, 0) is 22.6 Å². The molecule has 6 rings (SSSR count). The maximum absolute atomic E-state index is 13.8. The van der Waals surface area contributed by atoms with Gasteiger partial charge in [-0.1, -0.05) is 24.3 Å². The van der Waals surface area contributed by atoms with Gasteiger partial charge in [0.05, 0.1) is 37.1 Å². The van der Waals surface area contributed by atoms with Crippen molar-refractivity contribution < 1.29 is 14.3 Å². The number of fused-ring (bicyclic) bond motifs is 2. The van der Waals surface area contributed by atoms with Crippen LogP contribution in [-0.4, -0.2) is 73.3 Å². The second-order valence-corrected chi connectivity index (χ2v) is 11.2. The molecular weight excluding hydrogens is 476 g/mol. The van der Waals surface area contributed by atoms with Gasteiger partial charge < -0.3 is 24.3 Å². The van der Waals surface area contributed by atoms with E-state index in [1.807, 2.05) is 4.90 Å². The summed E-state index contributed by atoms with van der Waals surface area (Å²) in [5.74, 6) is 0.875. The molecule has 1 unspecified atom stereocenters. The Kier molecular flexibility index (Phi) is 7.16. The number of rotatable bonds is 8. The van der Waals surface area contributed by atoms with Crippen molar-refractivity contribution >= 4 is 22.5 Å². The molecule has 0 spiro atoms. The summed E-state index contributed by atoms with van der Waals surface area (Å²) in [6.07, 6.45) is 2.61. The minimum atomic E-state index is 0.0442. The molecule has 1 amide bonds. The Balaban J connectivity index is 1.36. The van der Waals surface area contributed by atoms with Crippen LogP contribution < -0.4 is 5.32 Å². The van der Waals surface area contributed by atoms with E-state index in [0.29, 0.717) is 13.2 Å². The van der Waals surface area contributed by atoms with Gasteiger partial charge in [0.2, 0.25) is 0 Å². The number of hydrogen-bond acceptors (Lipinski definition) is 5. The summed E-state index contributed by atoms with van der Waals surface area (Å²) in [5, 5.41) is 5.03. The first-order chi connectivity index (χ1) is 18.5. The number of anilines is 1. The fourth-order valence-electron chi connectivity index (χ4n) is 6.06. The fraction of sp³-hybridized carbons (Fsp3) is 0.516. The Morgan fingerprint density at radius 3 is 2.66 bits per heavy atom. The zero-order valence-corrected chi connectivity index (χ0v) is 23.0. The Bertz CT molecular complexity index is 1320. The predicted molar refractivity (Wildman–Crippen MR) is 151 cm³/mol. The molecule has 1 aliphatic carbocycles. The van der Waals surface area contributed by atoms with Gasteiger partial charge in [0, 0.05) is 63.0 Å². The SMILES string of the molecule is COCCN1CCN(C(=O)c2cc(NC3COCc4ccccc43)c3c(c2)c(C)c(C)n3CC2CC2)CC1. The number of aryl methyl sites for hydroxylation is 1. The van der Waals surface area contributed by atoms with Gasteiger partial charge >= 0.3 is 0 Å². The van der Waals surface area contributed by atoms with Gasteiger partial charge in [-0.15, -0.1) is 0 Å². The second-order valence-electron chi connectivity index (χ2n) is 11.2. The van der Waals surface area contributed by atoms with Gasteiger partial charge in [0.1, 0.15) is 0 Å². The molecule has 0 radical (unpaired) electrons. The quantitative estimate of drug-likeness (QED) is 0.468. The van der Waals surface area contributed by atoms with Crippen molar-refractivity contribution in [1.29, 1.82) is 0 Å². The van der Waals surface area contributed by atoms with Crippen molar-refractivity contribution in [3.8, 4) is 0 Å². The smallest absolute Gasteiger partial charge is 0.254 e. The number of amides is 1. The zero-order valence-electron chi connectivity index (χ0n) is 23.0. The van der Waals surface area contributed by atoms with E-state index < -0.39 is 0 Å². The van der Waals surface area contributed by atoms with E-state index >= 15 is 0 Å². The van der Waals surface area contributed by atoms with Gasteiger partial charge in [-0.25, -0.2) is 0 Å². The van der Waals surface area contributed by atoms with E-state index in [4.69, 9.17) is 9.47 Å². The lowest BCUT2D eigenvalue weighted by Gasteiger charge is -2.34. The summed E-state index contributed by atoms with van der Waals surface area (Å²) in [5.41, 5.74) is 8.09. The molecule has 2 fully saturated rings. The van der Waals surface area contributed by atoms with Crippen LogP contribution in [0.5, 0.6) is 0 Å². The largest absolute Gasteiger partial charge is 0.383 e. The van der Waals surface area contributed by atoms with Crippen molar-refractivity contribution in [2.24, 2.45) is 5.92 Å². The van der Waals surface area contributed by atoms with E-state index in [1.165, 1.54) is 46.1 Å². The number of methoxy groups -OCH3 is 1. The van der Waals surface area contributed by atoms with Crippen molar-refractivity contribution in [2.45, 2.75) is 45.9 Å². The van der Waals surface area contributed by atoms with Crippen molar-refractivity contribution in [1.82, 2.24) is 14.4 Å². The van der Waals surface area contributed by atoms with Crippen LogP contribution in [0.4, 0.5) is 5.69 Å². The molecule has 1 N–H and O–H groups in total. The highest BCUT2D eigenvalue weighted by Gasteiger charge is 2.29. The molecule has 7 heteroatoms. The molecule has 202 valence electrons. The topological polar surface area (TPSA) is 59.0 Å². The second kappa shape index (κ2) is 10.7. The number of piperazine rings is 1. The number of carbonyl (C=O) groups excluding carboxylic acids is 1. The number of nitrogens with zero attached hydrogens (tertiary/aromatic N) is 3. The molecule has 2 aliphatic heterocycles. The van der Waals surface area contributed by atoms with Crippen molar-refractivity contribution in [3.05, 3.63) is 64.3 Å². The number of carbonyl (C=O) groups is 1. The first kappa shape index (κ1) is 25.4. The lowest BCUT2D eigenvalue weighted by molar-refractivity contribution is 0.0594. The van der Waals surface area contributed by atoms with Crippen LogP contribution in [0.25, 0.3) is 10.9 Å². The summed E-state index contributed by atoms with van der Waals surface area (Å²) in [6.45, 7) is 11.6. The predicted octanol–water partition coefficient (Wildman–Crippen LogP) is 4.76. The average Bonchev–Trinajstić information content (AvgIpc) is 3.74. The molecular formula is C31H40N4O3.